The van der Waals surface area contributed by atoms with Gasteiger partial charge < -0.3 is 9.64 Å². The molecule has 0 aliphatic heterocycles. The number of carbonyl (C=O) groups excluding carboxylic acids is 1. The maximum Gasteiger partial charge on any atom is 0.261 e. The van der Waals surface area contributed by atoms with Gasteiger partial charge in [0.15, 0.2) is 6.61 Å². The number of nitrogens with zero attached hydrogens (tertiary/aromatic N) is 1. The second-order valence-corrected chi connectivity index (χ2v) is 7.02. The first-order valence-electron chi connectivity index (χ1n) is 6.92. The molecule has 1 aliphatic carbocycles. The van der Waals surface area contributed by atoms with Gasteiger partial charge in [-0.1, -0.05) is 22.0 Å². The van der Waals surface area contributed by atoms with E-state index in [2.05, 4.69) is 22.0 Å². The number of rotatable bonds is 6. The van der Waals surface area contributed by atoms with Crippen LogP contribution in [0.5, 0.6) is 5.75 Å². The summed E-state index contributed by atoms with van der Waals surface area (Å²) in [5.41, 5.74) is 0. The van der Waals surface area contributed by atoms with Gasteiger partial charge in [-0.3, -0.25) is 4.79 Å². The molecule has 0 N–H and O–H groups in total. The lowest BCUT2D eigenvalue weighted by atomic mass is 10.3. The van der Waals surface area contributed by atoms with Crippen LogP contribution in [0.15, 0.2) is 46.3 Å². The molecular formula is C16H16BrNO2S. The van der Waals surface area contributed by atoms with Crippen LogP contribution in [0, 0.1) is 0 Å². The Bertz CT molecular complexity index is 593. The van der Waals surface area contributed by atoms with Gasteiger partial charge >= 0.3 is 0 Å². The lowest BCUT2D eigenvalue weighted by Gasteiger charge is -2.21. The Labute approximate surface area is 136 Å². The predicted octanol–water partition coefficient (Wildman–Crippen LogP) is 4.08. The summed E-state index contributed by atoms with van der Waals surface area (Å²) in [4.78, 5) is 15.6. The summed E-state index contributed by atoms with van der Waals surface area (Å²) in [6.45, 7) is 0.800. The fourth-order valence-electron chi connectivity index (χ4n) is 2.14. The molecule has 0 saturated heterocycles. The molecule has 1 fully saturated rings. The highest BCUT2D eigenvalue weighted by atomic mass is 79.9. The minimum atomic E-state index is 0.0637. The molecule has 110 valence electrons. The molecule has 1 aromatic carbocycles. The zero-order valence-corrected chi connectivity index (χ0v) is 13.9. The van der Waals surface area contributed by atoms with Gasteiger partial charge in [-0.25, -0.2) is 0 Å². The van der Waals surface area contributed by atoms with Crippen LogP contribution in [0.1, 0.15) is 17.7 Å². The maximum atomic E-state index is 12.4. The van der Waals surface area contributed by atoms with Crippen molar-refractivity contribution in [2.24, 2.45) is 0 Å². The number of ether oxygens (including phenoxy) is 1. The van der Waals surface area contributed by atoms with E-state index in [9.17, 15) is 4.79 Å². The Balaban J connectivity index is 1.58. The molecule has 3 rings (SSSR count). The highest BCUT2D eigenvalue weighted by molar-refractivity contribution is 9.10. The standard InChI is InChI=1S/C16H16BrNO2S/c17-12-3-7-14(8-4-12)20-11-16(19)18(13-5-6-13)10-15-2-1-9-21-15/h1-4,7-9,13H,5-6,10-11H2. The molecule has 2 aromatic rings. The molecule has 0 radical (unpaired) electrons. The van der Waals surface area contributed by atoms with E-state index in [1.165, 1.54) is 4.88 Å². The SMILES string of the molecule is O=C(COc1ccc(Br)cc1)N(Cc1cccs1)C1CC1. The molecule has 1 saturated carbocycles. The second kappa shape index (κ2) is 6.62. The fraction of sp³-hybridized carbons (Fsp3) is 0.312. The quantitative estimate of drug-likeness (QED) is 0.771. The lowest BCUT2D eigenvalue weighted by molar-refractivity contribution is -0.134. The van der Waals surface area contributed by atoms with Crippen LogP contribution in [-0.2, 0) is 11.3 Å². The van der Waals surface area contributed by atoms with Gasteiger partial charge in [-0.05, 0) is 48.6 Å². The van der Waals surface area contributed by atoms with Gasteiger partial charge in [-0.15, -0.1) is 11.3 Å². The summed E-state index contributed by atoms with van der Waals surface area (Å²) in [7, 11) is 0. The van der Waals surface area contributed by atoms with Crippen molar-refractivity contribution in [1.29, 1.82) is 0 Å². The molecule has 3 nitrogen and oxygen atoms in total. The van der Waals surface area contributed by atoms with Crippen molar-refractivity contribution in [3.63, 3.8) is 0 Å². The molecule has 0 spiro atoms. The van der Waals surface area contributed by atoms with Gasteiger partial charge in [0.2, 0.25) is 0 Å². The van der Waals surface area contributed by atoms with Crippen molar-refractivity contribution in [3.8, 4) is 5.75 Å². The lowest BCUT2D eigenvalue weighted by Crippen LogP contribution is -2.36. The van der Waals surface area contributed by atoms with Gasteiger partial charge in [0.05, 0.1) is 6.54 Å². The van der Waals surface area contributed by atoms with Crippen LogP contribution in [0.2, 0.25) is 0 Å². The molecule has 1 amide bonds. The number of hydrogen-bond donors (Lipinski definition) is 0. The van der Waals surface area contributed by atoms with Crippen molar-refractivity contribution in [3.05, 3.63) is 51.1 Å². The number of hydrogen-bond acceptors (Lipinski definition) is 3. The third-order valence-corrected chi connectivity index (χ3v) is 4.78. The summed E-state index contributed by atoms with van der Waals surface area (Å²) >= 11 is 5.07. The normalized spacial score (nSPS) is 14.0. The molecular weight excluding hydrogens is 350 g/mol. The summed E-state index contributed by atoms with van der Waals surface area (Å²) in [6, 6.07) is 12.0. The molecule has 0 bridgehead atoms. The number of thiophene rings is 1. The number of benzene rings is 1. The largest absolute Gasteiger partial charge is 0.484 e. The Kier molecular flexibility index (Phi) is 4.60. The first kappa shape index (κ1) is 14.6. The van der Waals surface area contributed by atoms with Crippen molar-refractivity contribution in [1.82, 2.24) is 4.90 Å². The zero-order valence-electron chi connectivity index (χ0n) is 11.5. The molecule has 21 heavy (non-hydrogen) atoms. The van der Waals surface area contributed by atoms with E-state index in [1.54, 1.807) is 11.3 Å². The maximum absolute atomic E-state index is 12.4. The van der Waals surface area contributed by atoms with Crippen LogP contribution in [0.4, 0.5) is 0 Å². The third-order valence-electron chi connectivity index (χ3n) is 3.39. The van der Waals surface area contributed by atoms with E-state index in [-0.39, 0.29) is 12.5 Å². The second-order valence-electron chi connectivity index (χ2n) is 5.07. The molecule has 1 heterocycles. The van der Waals surface area contributed by atoms with Crippen molar-refractivity contribution in [2.45, 2.75) is 25.4 Å². The number of halogens is 1. The van der Waals surface area contributed by atoms with Crippen LogP contribution in [-0.4, -0.2) is 23.5 Å². The van der Waals surface area contributed by atoms with E-state index < -0.39 is 0 Å². The minimum Gasteiger partial charge on any atom is -0.484 e. The van der Waals surface area contributed by atoms with Gasteiger partial charge in [-0.2, -0.15) is 0 Å². The van der Waals surface area contributed by atoms with Gasteiger partial charge in [0.1, 0.15) is 5.75 Å². The van der Waals surface area contributed by atoms with Gasteiger partial charge in [0, 0.05) is 15.4 Å². The van der Waals surface area contributed by atoms with Gasteiger partial charge in [0.25, 0.3) is 5.91 Å². The van der Waals surface area contributed by atoms with E-state index in [1.807, 2.05) is 40.6 Å². The van der Waals surface area contributed by atoms with E-state index in [0.29, 0.717) is 12.6 Å². The van der Waals surface area contributed by atoms with Crippen LogP contribution in [0.3, 0.4) is 0 Å². The predicted molar refractivity (Wildman–Crippen MR) is 87.5 cm³/mol. The molecule has 1 aliphatic rings. The van der Waals surface area contributed by atoms with Crippen molar-refractivity contribution >= 4 is 33.2 Å². The highest BCUT2D eigenvalue weighted by Crippen LogP contribution is 2.29. The number of carbonyl (C=O) groups is 1. The van der Waals surface area contributed by atoms with Crippen molar-refractivity contribution < 1.29 is 9.53 Å². The first-order chi connectivity index (χ1) is 10.2. The Morgan fingerprint density at radius 1 is 1.29 bits per heavy atom. The molecule has 0 unspecified atom stereocenters. The molecule has 0 atom stereocenters. The van der Waals surface area contributed by atoms with E-state index >= 15 is 0 Å². The van der Waals surface area contributed by atoms with E-state index in [0.717, 1.165) is 23.1 Å². The van der Waals surface area contributed by atoms with Crippen molar-refractivity contribution in [2.75, 3.05) is 6.61 Å². The smallest absolute Gasteiger partial charge is 0.261 e. The molecule has 5 heteroatoms. The average Bonchev–Trinajstić information content (AvgIpc) is 3.20. The highest BCUT2D eigenvalue weighted by Gasteiger charge is 2.32. The Hall–Kier alpha value is -1.33. The zero-order chi connectivity index (χ0) is 14.7. The third kappa shape index (κ3) is 4.08. The fourth-order valence-corrected chi connectivity index (χ4v) is 3.10. The summed E-state index contributed by atoms with van der Waals surface area (Å²) < 4.78 is 6.59. The summed E-state index contributed by atoms with van der Waals surface area (Å²) in [6.07, 6.45) is 2.21. The average molecular weight is 366 g/mol. The van der Waals surface area contributed by atoms with Crippen LogP contribution in [0.25, 0.3) is 0 Å². The number of amides is 1. The van der Waals surface area contributed by atoms with Crippen LogP contribution >= 0.6 is 27.3 Å². The monoisotopic (exact) mass is 365 g/mol. The minimum absolute atomic E-state index is 0.0637. The summed E-state index contributed by atoms with van der Waals surface area (Å²) in [5, 5.41) is 2.04. The van der Waals surface area contributed by atoms with E-state index in [4.69, 9.17) is 4.74 Å². The molecule has 1 aromatic heterocycles. The Morgan fingerprint density at radius 3 is 2.67 bits per heavy atom. The summed E-state index contributed by atoms with van der Waals surface area (Å²) in [5.74, 6) is 0.784. The topological polar surface area (TPSA) is 29.5 Å². The Morgan fingerprint density at radius 2 is 2.05 bits per heavy atom. The first-order valence-corrected chi connectivity index (χ1v) is 8.60. The van der Waals surface area contributed by atoms with Crippen LogP contribution < -0.4 is 4.74 Å².